The van der Waals surface area contributed by atoms with Crippen LogP contribution < -0.4 is 10.7 Å². The molecule has 1 N–H and O–H groups in total. The number of nitrogens with one attached hydrogen (secondary N) is 1. The molecule has 0 aliphatic carbocycles. The second kappa shape index (κ2) is 5.17. The molecular formula is C16H15N3O. The number of rotatable bonds is 3. The van der Waals surface area contributed by atoms with Crippen molar-refractivity contribution >= 4 is 16.6 Å². The second-order valence-corrected chi connectivity index (χ2v) is 4.63. The first-order chi connectivity index (χ1) is 9.75. The van der Waals surface area contributed by atoms with E-state index in [0.717, 1.165) is 16.8 Å². The normalized spacial score (nSPS) is 10.7. The Hall–Kier alpha value is -2.62. The van der Waals surface area contributed by atoms with Gasteiger partial charge in [-0.3, -0.25) is 4.79 Å². The second-order valence-electron chi connectivity index (χ2n) is 4.63. The number of hydrogen-bond acceptors (Lipinski definition) is 3. The summed E-state index contributed by atoms with van der Waals surface area (Å²) in [6, 6.07) is 17.0. The van der Waals surface area contributed by atoms with Crippen LogP contribution in [0.2, 0.25) is 0 Å². The van der Waals surface area contributed by atoms with Crippen molar-refractivity contribution in [2.24, 2.45) is 0 Å². The van der Waals surface area contributed by atoms with Gasteiger partial charge in [-0.2, -0.15) is 5.10 Å². The lowest BCUT2D eigenvalue weighted by Crippen LogP contribution is -2.13. The summed E-state index contributed by atoms with van der Waals surface area (Å²) in [4.78, 5) is 12.1. The summed E-state index contributed by atoms with van der Waals surface area (Å²) < 4.78 is 1.72. The summed E-state index contributed by atoms with van der Waals surface area (Å²) in [5, 5.41) is 8.61. The minimum atomic E-state index is -0.0135. The molecular weight excluding hydrogens is 250 g/mol. The van der Waals surface area contributed by atoms with Gasteiger partial charge in [0.1, 0.15) is 12.2 Å². The molecule has 0 bridgehead atoms. The van der Waals surface area contributed by atoms with Crippen LogP contribution in [0.4, 0.5) is 5.69 Å². The Morgan fingerprint density at radius 3 is 2.55 bits per heavy atom. The number of aromatic nitrogens is 2. The van der Waals surface area contributed by atoms with Gasteiger partial charge in [0.25, 0.3) is 0 Å². The van der Waals surface area contributed by atoms with E-state index in [9.17, 15) is 4.79 Å². The number of nitrogens with zero attached hydrogens (tertiary/aromatic N) is 2. The van der Waals surface area contributed by atoms with Gasteiger partial charge < -0.3 is 5.32 Å². The van der Waals surface area contributed by atoms with Crippen LogP contribution in [0.15, 0.2) is 59.4 Å². The molecule has 0 atom stereocenters. The lowest BCUT2D eigenvalue weighted by atomic mass is 10.3. The third-order valence-electron chi connectivity index (χ3n) is 3.24. The fourth-order valence-electron chi connectivity index (χ4n) is 2.27. The maximum Gasteiger partial charge on any atom is 0.204 e. The van der Waals surface area contributed by atoms with Gasteiger partial charge in [0.2, 0.25) is 5.43 Å². The fraction of sp³-hybridized carbons (Fsp3) is 0.125. The molecule has 100 valence electrons. The Balaban J connectivity index is 2.01. The lowest BCUT2D eigenvalue weighted by Gasteiger charge is -2.06. The predicted molar refractivity (Wildman–Crippen MR) is 80.8 cm³/mol. The van der Waals surface area contributed by atoms with E-state index in [1.165, 1.54) is 0 Å². The van der Waals surface area contributed by atoms with Crippen molar-refractivity contribution < 1.29 is 0 Å². The Morgan fingerprint density at radius 1 is 1.05 bits per heavy atom. The molecule has 0 spiro atoms. The Bertz CT molecular complexity index is 794. The smallest absolute Gasteiger partial charge is 0.204 e. The van der Waals surface area contributed by atoms with Crippen molar-refractivity contribution in [1.29, 1.82) is 0 Å². The van der Waals surface area contributed by atoms with Crippen molar-refractivity contribution in [2.75, 3.05) is 5.32 Å². The number of aryl methyl sites for hydroxylation is 1. The van der Waals surface area contributed by atoms with Gasteiger partial charge in [0, 0.05) is 11.1 Å². The third-order valence-corrected chi connectivity index (χ3v) is 3.24. The molecule has 1 aromatic heterocycles. The molecule has 0 radical (unpaired) electrons. The zero-order valence-electron chi connectivity index (χ0n) is 11.2. The van der Waals surface area contributed by atoms with Gasteiger partial charge in [0.05, 0.1) is 5.69 Å². The highest BCUT2D eigenvalue weighted by molar-refractivity contribution is 5.80. The SMILES string of the molecule is Cc1nn(CNc2ccccc2)c2c(=O)ccccc12. The van der Waals surface area contributed by atoms with Crippen molar-refractivity contribution in [3.63, 3.8) is 0 Å². The zero-order chi connectivity index (χ0) is 13.9. The van der Waals surface area contributed by atoms with Gasteiger partial charge in [0.15, 0.2) is 0 Å². The van der Waals surface area contributed by atoms with Crippen LogP contribution in [0.3, 0.4) is 0 Å². The van der Waals surface area contributed by atoms with Crippen LogP contribution in [0, 0.1) is 6.92 Å². The molecule has 0 saturated heterocycles. The molecule has 4 nitrogen and oxygen atoms in total. The first-order valence-electron chi connectivity index (χ1n) is 6.51. The molecule has 3 aromatic rings. The van der Waals surface area contributed by atoms with Crippen molar-refractivity contribution in [3.05, 3.63) is 70.5 Å². The predicted octanol–water partition coefficient (Wildman–Crippen LogP) is 2.77. The van der Waals surface area contributed by atoms with Crippen molar-refractivity contribution in [3.8, 4) is 0 Å². The van der Waals surface area contributed by atoms with Crippen LogP contribution in [-0.4, -0.2) is 9.78 Å². The number of anilines is 1. The summed E-state index contributed by atoms with van der Waals surface area (Å²) >= 11 is 0. The summed E-state index contributed by atoms with van der Waals surface area (Å²) in [5.41, 5.74) is 2.49. The van der Waals surface area contributed by atoms with Crippen LogP contribution >= 0.6 is 0 Å². The Morgan fingerprint density at radius 2 is 1.75 bits per heavy atom. The third kappa shape index (κ3) is 2.28. The van der Waals surface area contributed by atoms with E-state index in [-0.39, 0.29) is 5.43 Å². The van der Waals surface area contributed by atoms with Gasteiger partial charge in [-0.15, -0.1) is 0 Å². The minimum Gasteiger partial charge on any atom is -0.366 e. The standard InChI is InChI=1S/C16H15N3O/c1-12-14-9-5-6-10-15(20)16(14)19(18-12)11-17-13-7-3-2-4-8-13/h2-10,17H,11H2,1H3. The zero-order valence-corrected chi connectivity index (χ0v) is 11.2. The Labute approximate surface area is 116 Å². The number of hydrogen-bond donors (Lipinski definition) is 1. The first kappa shape index (κ1) is 12.4. The van der Waals surface area contributed by atoms with Crippen LogP contribution in [0.1, 0.15) is 5.69 Å². The minimum absolute atomic E-state index is 0.0135. The fourth-order valence-corrected chi connectivity index (χ4v) is 2.27. The molecule has 1 heterocycles. The van der Waals surface area contributed by atoms with Gasteiger partial charge in [-0.1, -0.05) is 36.4 Å². The van der Waals surface area contributed by atoms with E-state index >= 15 is 0 Å². The van der Waals surface area contributed by atoms with Gasteiger partial charge in [-0.05, 0) is 25.1 Å². The lowest BCUT2D eigenvalue weighted by molar-refractivity contribution is 0.685. The highest BCUT2D eigenvalue weighted by Crippen LogP contribution is 2.14. The maximum atomic E-state index is 12.1. The molecule has 2 aromatic carbocycles. The van der Waals surface area contributed by atoms with Crippen LogP contribution in [0.5, 0.6) is 0 Å². The van der Waals surface area contributed by atoms with E-state index in [4.69, 9.17) is 0 Å². The summed E-state index contributed by atoms with van der Waals surface area (Å²) in [6.07, 6.45) is 0. The molecule has 0 saturated carbocycles. The highest BCUT2D eigenvalue weighted by atomic mass is 16.1. The molecule has 0 aliphatic heterocycles. The van der Waals surface area contributed by atoms with Crippen molar-refractivity contribution in [2.45, 2.75) is 13.6 Å². The average Bonchev–Trinajstić information content (AvgIpc) is 2.65. The number of benzene rings is 1. The van der Waals surface area contributed by atoms with E-state index in [2.05, 4.69) is 10.4 Å². The molecule has 0 unspecified atom stereocenters. The quantitative estimate of drug-likeness (QED) is 0.792. The molecule has 0 aliphatic rings. The van der Waals surface area contributed by atoms with E-state index in [1.807, 2.05) is 49.4 Å². The van der Waals surface area contributed by atoms with E-state index in [1.54, 1.807) is 16.8 Å². The van der Waals surface area contributed by atoms with Crippen molar-refractivity contribution in [1.82, 2.24) is 9.78 Å². The monoisotopic (exact) mass is 265 g/mol. The highest BCUT2D eigenvalue weighted by Gasteiger charge is 2.08. The summed E-state index contributed by atoms with van der Waals surface area (Å²) in [6.45, 7) is 2.38. The topological polar surface area (TPSA) is 46.9 Å². The first-order valence-corrected chi connectivity index (χ1v) is 6.51. The van der Waals surface area contributed by atoms with Crippen LogP contribution in [0.25, 0.3) is 10.9 Å². The molecule has 20 heavy (non-hydrogen) atoms. The summed E-state index contributed by atoms with van der Waals surface area (Å²) in [7, 11) is 0. The maximum absolute atomic E-state index is 12.1. The molecule has 4 heteroatoms. The number of fused-ring (bicyclic) bond motifs is 1. The van der Waals surface area contributed by atoms with Crippen LogP contribution in [-0.2, 0) is 6.67 Å². The average molecular weight is 265 g/mol. The van der Waals surface area contributed by atoms with Gasteiger partial charge in [-0.25, -0.2) is 4.68 Å². The molecule has 3 rings (SSSR count). The molecule has 0 amide bonds. The molecule has 0 fully saturated rings. The Kier molecular flexibility index (Phi) is 3.21. The van der Waals surface area contributed by atoms with E-state index < -0.39 is 0 Å². The van der Waals surface area contributed by atoms with Gasteiger partial charge >= 0.3 is 0 Å². The summed E-state index contributed by atoms with van der Waals surface area (Å²) in [5.74, 6) is 0. The van der Waals surface area contributed by atoms with E-state index in [0.29, 0.717) is 12.2 Å². The number of para-hydroxylation sites is 1. The largest absolute Gasteiger partial charge is 0.366 e.